The summed E-state index contributed by atoms with van der Waals surface area (Å²) in [6.07, 6.45) is 27.4. The maximum absolute atomic E-state index is 11.8. The van der Waals surface area contributed by atoms with Gasteiger partial charge in [0.2, 0.25) is 0 Å². The predicted molar refractivity (Wildman–Crippen MR) is 160 cm³/mol. The molecule has 0 radical (unpaired) electrons. The smallest absolute Gasteiger partial charge is 0.457 e. The molecule has 0 aromatic heterocycles. The van der Waals surface area contributed by atoms with Gasteiger partial charge in [-0.3, -0.25) is 13.8 Å². The molecule has 3 N–H and O–H groups in total. The highest BCUT2D eigenvalue weighted by Crippen LogP contribution is 2.43. The molecule has 0 rings (SSSR count). The number of nitrogens with two attached hydrogens (primary N) is 1. The van der Waals surface area contributed by atoms with Crippen LogP contribution in [0.2, 0.25) is 0 Å². The van der Waals surface area contributed by atoms with Crippen LogP contribution in [0.25, 0.3) is 0 Å². The van der Waals surface area contributed by atoms with Crippen molar-refractivity contribution in [2.75, 3.05) is 33.0 Å². The number of esters is 1. The summed E-state index contributed by atoms with van der Waals surface area (Å²) in [5.41, 5.74) is 5.26. The van der Waals surface area contributed by atoms with Crippen molar-refractivity contribution in [3.05, 3.63) is 12.2 Å². The van der Waals surface area contributed by atoms with Crippen LogP contribution in [-0.4, -0.2) is 49.9 Å². The molecule has 39 heavy (non-hydrogen) atoms. The minimum atomic E-state index is -4.23. The summed E-state index contributed by atoms with van der Waals surface area (Å²) < 4.78 is 32.3. The Bertz CT molecular complexity index is 618. The third-order valence-corrected chi connectivity index (χ3v) is 7.47. The SMILES string of the molecule is CCCCCCCC/C=C\CCCCCCCCCCCCOCC(COP(=O)(O)OCCN)OC(=O)CC. The molecule has 0 heterocycles. The largest absolute Gasteiger partial charge is 0.472 e. The number of rotatable bonds is 30. The third kappa shape index (κ3) is 28.6. The minimum absolute atomic E-state index is 0.0963. The lowest BCUT2D eigenvalue weighted by Crippen LogP contribution is -2.28. The van der Waals surface area contributed by atoms with Gasteiger partial charge in [-0.2, -0.15) is 0 Å². The predicted octanol–water partition coefficient (Wildman–Crippen LogP) is 8.02. The van der Waals surface area contributed by atoms with Crippen molar-refractivity contribution < 1.29 is 32.8 Å². The second-order valence-electron chi connectivity index (χ2n) is 10.3. The average Bonchev–Trinajstić information content (AvgIpc) is 2.93. The van der Waals surface area contributed by atoms with Crippen molar-refractivity contribution in [2.45, 2.75) is 142 Å². The molecule has 0 amide bonds. The highest BCUT2D eigenvalue weighted by Gasteiger charge is 2.24. The number of carbonyl (C=O) groups is 1. The van der Waals surface area contributed by atoms with E-state index in [-0.39, 0.29) is 32.8 Å². The number of hydrogen-bond acceptors (Lipinski definition) is 7. The van der Waals surface area contributed by atoms with Crippen LogP contribution in [-0.2, 0) is 27.9 Å². The molecule has 0 aliphatic carbocycles. The molecular formula is C30H60NO7P. The van der Waals surface area contributed by atoms with E-state index in [1.165, 1.54) is 103 Å². The molecule has 0 spiro atoms. The van der Waals surface area contributed by atoms with Gasteiger partial charge < -0.3 is 20.1 Å². The Morgan fingerprint density at radius 1 is 0.744 bits per heavy atom. The Labute approximate surface area is 239 Å². The van der Waals surface area contributed by atoms with Gasteiger partial charge in [0.25, 0.3) is 0 Å². The number of hydrogen-bond donors (Lipinski definition) is 2. The number of allylic oxidation sites excluding steroid dienone is 2. The molecule has 0 bridgehead atoms. The van der Waals surface area contributed by atoms with Gasteiger partial charge in [-0.05, 0) is 32.1 Å². The van der Waals surface area contributed by atoms with Gasteiger partial charge in [-0.25, -0.2) is 4.57 Å². The molecule has 0 fully saturated rings. The van der Waals surface area contributed by atoms with Crippen LogP contribution >= 0.6 is 7.82 Å². The fourth-order valence-corrected chi connectivity index (χ4v) is 4.91. The lowest BCUT2D eigenvalue weighted by atomic mass is 10.1. The van der Waals surface area contributed by atoms with E-state index < -0.39 is 19.9 Å². The Kier molecular flexibility index (Phi) is 28.2. The summed E-state index contributed by atoms with van der Waals surface area (Å²) in [5.74, 6) is -0.418. The lowest BCUT2D eigenvalue weighted by molar-refractivity contribution is -0.154. The number of unbranched alkanes of at least 4 members (excludes halogenated alkanes) is 16. The van der Waals surface area contributed by atoms with E-state index in [0.717, 1.165) is 12.8 Å². The molecule has 0 aliphatic heterocycles. The zero-order valence-corrected chi connectivity index (χ0v) is 26.0. The van der Waals surface area contributed by atoms with Crippen LogP contribution in [0.5, 0.6) is 0 Å². The summed E-state index contributed by atoms with van der Waals surface area (Å²) in [5, 5.41) is 0. The van der Waals surface area contributed by atoms with Gasteiger partial charge in [0.15, 0.2) is 0 Å². The molecule has 0 aromatic rings. The summed E-state index contributed by atoms with van der Waals surface area (Å²) in [6.45, 7) is 4.33. The van der Waals surface area contributed by atoms with E-state index in [1.807, 2.05) is 0 Å². The van der Waals surface area contributed by atoms with Crippen molar-refractivity contribution in [1.82, 2.24) is 0 Å². The van der Waals surface area contributed by atoms with Crippen molar-refractivity contribution in [3.63, 3.8) is 0 Å². The van der Waals surface area contributed by atoms with E-state index in [4.69, 9.17) is 24.3 Å². The van der Waals surface area contributed by atoms with Gasteiger partial charge in [-0.1, -0.05) is 109 Å². The number of ether oxygens (including phenoxy) is 2. The number of phosphoric acid groups is 1. The Hall–Kier alpha value is -0.760. The van der Waals surface area contributed by atoms with Crippen molar-refractivity contribution in [3.8, 4) is 0 Å². The molecule has 0 aromatic carbocycles. The van der Waals surface area contributed by atoms with Crippen LogP contribution in [0.15, 0.2) is 12.2 Å². The summed E-state index contributed by atoms with van der Waals surface area (Å²) in [6, 6.07) is 0. The van der Waals surface area contributed by atoms with Crippen LogP contribution in [0.4, 0.5) is 0 Å². The fourth-order valence-electron chi connectivity index (χ4n) is 4.14. The lowest BCUT2D eigenvalue weighted by Gasteiger charge is -2.19. The van der Waals surface area contributed by atoms with E-state index in [1.54, 1.807) is 6.92 Å². The molecule has 232 valence electrons. The number of phosphoric ester groups is 1. The van der Waals surface area contributed by atoms with Crippen LogP contribution < -0.4 is 5.73 Å². The minimum Gasteiger partial charge on any atom is -0.457 e. The standard InChI is InChI=1S/C30H60NO7P/c1-3-5-6-7-8-9-10-11-12-13-14-15-16-17-18-19-20-21-22-23-25-35-27-29(38-30(32)4-2)28-37-39(33,34)36-26-24-31/h11-12,29H,3-10,13-28,31H2,1-2H3,(H,33,34)/b12-11-. The van der Waals surface area contributed by atoms with Gasteiger partial charge in [0.05, 0.1) is 19.8 Å². The molecule has 2 atom stereocenters. The Morgan fingerprint density at radius 3 is 1.77 bits per heavy atom. The summed E-state index contributed by atoms with van der Waals surface area (Å²) in [4.78, 5) is 21.2. The van der Waals surface area contributed by atoms with Crippen molar-refractivity contribution in [2.24, 2.45) is 5.73 Å². The van der Waals surface area contributed by atoms with E-state index >= 15 is 0 Å². The molecule has 2 unspecified atom stereocenters. The van der Waals surface area contributed by atoms with Gasteiger partial charge in [0.1, 0.15) is 6.10 Å². The first kappa shape index (κ1) is 38.2. The zero-order valence-electron chi connectivity index (χ0n) is 25.1. The first-order chi connectivity index (χ1) is 18.9. The topological polar surface area (TPSA) is 117 Å². The molecule has 0 saturated carbocycles. The van der Waals surface area contributed by atoms with Gasteiger partial charge >= 0.3 is 13.8 Å². The maximum atomic E-state index is 11.8. The first-order valence-corrected chi connectivity index (χ1v) is 17.2. The maximum Gasteiger partial charge on any atom is 0.472 e. The second kappa shape index (κ2) is 28.8. The van der Waals surface area contributed by atoms with E-state index in [0.29, 0.717) is 6.61 Å². The second-order valence-corrected chi connectivity index (χ2v) is 11.7. The van der Waals surface area contributed by atoms with Crippen LogP contribution in [0.1, 0.15) is 136 Å². The van der Waals surface area contributed by atoms with E-state index in [2.05, 4.69) is 19.1 Å². The van der Waals surface area contributed by atoms with E-state index in [9.17, 15) is 14.3 Å². The fraction of sp³-hybridized carbons (Fsp3) is 0.900. The number of carbonyl (C=O) groups excluding carboxylic acids is 1. The highest BCUT2D eigenvalue weighted by molar-refractivity contribution is 7.47. The van der Waals surface area contributed by atoms with Gasteiger partial charge in [-0.15, -0.1) is 0 Å². The summed E-state index contributed by atoms with van der Waals surface area (Å²) >= 11 is 0. The normalized spacial score (nSPS) is 14.1. The van der Waals surface area contributed by atoms with Crippen LogP contribution in [0, 0.1) is 0 Å². The molecule has 8 nitrogen and oxygen atoms in total. The Morgan fingerprint density at radius 2 is 1.26 bits per heavy atom. The average molecular weight is 578 g/mol. The third-order valence-electron chi connectivity index (χ3n) is 6.49. The molecule has 0 aliphatic rings. The zero-order chi connectivity index (χ0) is 28.9. The van der Waals surface area contributed by atoms with Crippen molar-refractivity contribution in [1.29, 1.82) is 0 Å². The van der Waals surface area contributed by atoms with Gasteiger partial charge in [0, 0.05) is 19.6 Å². The molecule has 0 saturated heterocycles. The van der Waals surface area contributed by atoms with Crippen molar-refractivity contribution >= 4 is 13.8 Å². The summed E-state index contributed by atoms with van der Waals surface area (Å²) in [7, 11) is -4.23. The molecule has 9 heteroatoms. The monoisotopic (exact) mass is 577 g/mol. The quantitative estimate of drug-likeness (QED) is 0.0381. The molecular weight excluding hydrogens is 517 g/mol. The Balaban J connectivity index is 3.60. The highest BCUT2D eigenvalue weighted by atomic mass is 31.2. The first-order valence-electron chi connectivity index (χ1n) is 15.7. The van der Waals surface area contributed by atoms with Crippen LogP contribution in [0.3, 0.4) is 0 Å².